The standard InChI is InChI=1S/C22H22F3N3O/c1-13(2)20(28-12-27-18-9-16(24)17(25)10-19(18)28)21(29)26-11-22(7-8-22)14-3-5-15(23)6-4-14/h3-6,9-10,12-13,20H,7-8,11H2,1-2H3,(H,26,29). The van der Waals surface area contributed by atoms with Crippen LogP contribution >= 0.6 is 0 Å². The third-order valence-electron chi connectivity index (χ3n) is 5.73. The van der Waals surface area contributed by atoms with E-state index in [2.05, 4.69) is 10.3 Å². The van der Waals surface area contributed by atoms with Gasteiger partial charge in [-0.1, -0.05) is 26.0 Å². The molecule has 152 valence electrons. The number of imidazole rings is 1. The first-order valence-electron chi connectivity index (χ1n) is 9.66. The molecular weight excluding hydrogens is 379 g/mol. The van der Waals surface area contributed by atoms with Crippen LogP contribution in [0.1, 0.15) is 38.3 Å². The highest BCUT2D eigenvalue weighted by Gasteiger charge is 2.44. The van der Waals surface area contributed by atoms with Crippen LogP contribution in [-0.4, -0.2) is 22.0 Å². The molecule has 1 unspecified atom stereocenters. The second kappa shape index (κ2) is 7.21. The van der Waals surface area contributed by atoms with Gasteiger partial charge in [-0.05, 0) is 36.5 Å². The topological polar surface area (TPSA) is 46.9 Å². The Morgan fingerprint density at radius 1 is 1.14 bits per heavy atom. The van der Waals surface area contributed by atoms with Gasteiger partial charge in [0.15, 0.2) is 11.6 Å². The van der Waals surface area contributed by atoms with E-state index in [1.165, 1.54) is 18.5 Å². The monoisotopic (exact) mass is 401 g/mol. The lowest BCUT2D eigenvalue weighted by molar-refractivity contribution is -0.125. The predicted octanol–water partition coefficient (Wildman–Crippen LogP) is 4.50. The summed E-state index contributed by atoms with van der Waals surface area (Å²) in [5, 5.41) is 3.01. The van der Waals surface area contributed by atoms with Gasteiger partial charge in [-0.15, -0.1) is 0 Å². The van der Waals surface area contributed by atoms with Crippen LogP contribution < -0.4 is 5.32 Å². The summed E-state index contributed by atoms with van der Waals surface area (Å²) in [4.78, 5) is 17.2. The molecule has 1 fully saturated rings. The number of aromatic nitrogens is 2. The fraction of sp³-hybridized carbons (Fsp3) is 0.364. The number of halogens is 3. The lowest BCUT2D eigenvalue weighted by Crippen LogP contribution is -2.39. The highest BCUT2D eigenvalue weighted by molar-refractivity contribution is 5.84. The molecule has 0 aliphatic heterocycles. The molecule has 1 aliphatic rings. The van der Waals surface area contributed by atoms with Gasteiger partial charge in [0, 0.05) is 24.1 Å². The first kappa shape index (κ1) is 19.5. The second-order valence-electron chi connectivity index (χ2n) is 8.10. The fourth-order valence-corrected chi connectivity index (χ4v) is 3.88. The zero-order valence-corrected chi connectivity index (χ0v) is 16.3. The molecule has 1 N–H and O–H groups in total. The van der Waals surface area contributed by atoms with E-state index in [1.807, 2.05) is 13.8 Å². The lowest BCUT2D eigenvalue weighted by atomic mass is 9.95. The zero-order chi connectivity index (χ0) is 20.8. The molecule has 1 atom stereocenters. The van der Waals surface area contributed by atoms with Gasteiger partial charge >= 0.3 is 0 Å². The Morgan fingerprint density at radius 2 is 1.79 bits per heavy atom. The number of nitrogens with one attached hydrogen (secondary N) is 1. The highest BCUT2D eigenvalue weighted by Crippen LogP contribution is 2.47. The predicted molar refractivity (Wildman–Crippen MR) is 104 cm³/mol. The maximum Gasteiger partial charge on any atom is 0.243 e. The molecule has 29 heavy (non-hydrogen) atoms. The van der Waals surface area contributed by atoms with E-state index in [1.54, 1.807) is 16.7 Å². The van der Waals surface area contributed by atoms with E-state index in [0.29, 0.717) is 17.6 Å². The van der Waals surface area contributed by atoms with Gasteiger partial charge in [0.1, 0.15) is 11.9 Å². The Kier molecular flexibility index (Phi) is 4.84. The summed E-state index contributed by atoms with van der Waals surface area (Å²) in [5.41, 5.74) is 1.51. The Labute approximate surface area is 166 Å². The number of nitrogens with zero attached hydrogens (tertiary/aromatic N) is 2. The quantitative estimate of drug-likeness (QED) is 0.661. The van der Waals surface area contributed by atoms with Gasteiger partial charge in [0.25, 0.3) is 0 Å². The molecule has 3 aromatic rings. The number of amides is 1. The summed E-state index contributed by atoms with van der Waals surface area (Å²) in [6.45, 7) is 4.22. The molecule has 0 radical (unpaired) electrons. The summed E-state index contributed by atoms with van der Waals surface area (Å²) >= 11 is 0. The summed E-state index contributed by atoms with van der Waals surface area (Å²) in [6.07, 6.45) is 3.29. The minimum atomic E-state index is -0.976. The van der Waals surface area contributed by atoms with Crippen LogP contribution in [0.5, 0.6) is 0 Å². The smallest absolute Gasteiger partial charge is 0.243 e. The first-order chi connectivity index (χ1) is 13.8. The third-order valence-corrected chi connectivity index (χ3v) is 5.73. The van der Waals surface area contributed by atoms with Crippen molar-refractivity contribution in [2.75, 3.05) is 6.54 Å². The number of benzene rings is 2. The lowest BCUT2D eigenvalue weighted by Gasteiger charge is -2.24. The average molecular weight is 401 g/mol. The molecule has 4 nitrogen and oxygen atoms in total. The van der Waals surface area contributed by atoms with Crippen molar-refractivity contribution in [3.63, 3.8) is 0 Å². The Morgan fingerprint density at radius 3 is 2.41 bits per heavy atom. The van der Waals surface area contributed by atoms with Crippen LogP contribution in [0.15, 0.2) is 42.7 Å². The molecule has 0 saturated heterocycles. The van der Waals surface area contributed by atoms with Crippen LogP contribution in [0.2, 0.25) is 0 Å². The van der Waals surface area contributed by atoms with Gasteiger partial charge in [-0.25, -0.2) is 18.2 Å². The normalized spacial score (nSPS) is 16.2. The van der Waals surface area contributed by atoms with Crippen LogP contribution in [0.25, 0.3) is 11.0 Å². The number of carbonyl (C=O) groups is 1. The fourth-order valence-electron chi connectivity index (χ4n) is 3.88. The number of rotatable bonds is 6. The van der Waals surface area contributed by atoms with Crippen molar-refractivity contribution >= 4 is 16.9 Å². The first-order valence-corrected chi connectivity index (χ1v) is 9.66. The molecule has 1 aliphatic carbocycles. The van der Waals surface area contributed by atoms with Crippen LogP contribution in [0.3, 0.4) is 0 Å². The van der Waals surface area contributed by atoms with Crippen molar-refractivity contribution in [3.05, 3.63) is 65.7 Å². The van der Waals surface area contributed by atoms with Gasteiger partial charge in [-0.3, -0.25) is 4.79 Å². The molecule has 1 aromatic heterocycles. The van der Waals surface area contributed by atoms with E-state index in [9.17, 15) is 18.0 Å². The van der Waals surface area contributed by atoms with Gasteiger partial charge in [0.05, 0.1) is 17.4 Å². The molecule has 2 aromatic carbocycles. The second-order valence-corrected chi connectivity index (χ2v) is 8.10. The maximum absolute atomic E-state index is 13.8. The molecule has 0 spiro atoms. The van der Waals surface area contributed by atoms with E-state index < -0.39 is 17.7 Å². The molecule has 7 heteroatoms. The Balaban J connectivity index is 1.56. The summed E-state index contributed by atoms with van der Waals surface area (Å²) in [7, 11) is 0. The minimum absolute atomic E-state index is 0.0958. The van der Waals surface area contributed by atoms with Crippen molar-refractivity contribution in [2.24, 2.45) is 5.92 Å². The van der Waals surface area contributed by atoms with E-state index in [0.717, 1.165) is 30.5 Å². The number of fused-ring (bicyclic) bond motifs is 1. The molecular formula is C22H22F3N3O. The van der Waals surface area contributed by atoms with Gasteiger partial charge in [0.2, 0.25) is 5.91 Å². The van der Waals surface area contributed by atoms with Gasteiger partial charge < -0.3 is 9.88 Å². The zero-order valence-electron chi connectivity index (χ0n) is 16.3. The third kappa shape index (κ3) is 3.61. The number of hydrogen-bond donors (Lipinski definition) is 1. The maximum atomic E-state index is 13.8. The largest absolute Gasteiger partial charge is 0.353 e. The highest BCUT2D eigenvalue weighted by atomic mass is 19.2. The van der Waals surface area contributed by atoms with Gasteiger partial charge in [-0.2, -0.15) is 0 Å². The van der Waals surface area contributed by atoms with Crippen LogP contribution in [-0.2, 0) is 10.2 Å². The van der Waals surface area contributed by atoms with Crippen molar-refractivity contribution in [1.82, 2.24) is 14.9 Å². The molecule has 4 rings (SSSR count). The Bertz CT molecular complexity index is 1060. The summed E-state index contributed by atoms with van der Waals surface area (Å²) in [6, 6.07) is 7.86. The molecule has 0 bridgehead atoms. The van der Waals surface area contributed by atoms with Crippen molar-refractivity contribution in [3.8, 4) is 0 Å². The average Bonchev–Trinajstić information content (AvgIpc) is 3.38. The van der Waals surface area contributed by atoms with Crippen molar-refractivity contribution < 1.29 is 18.0 Å². The minimum Gasteiger partial charge on any atom is -0.353 e. The number of carbonyl (C=O) groups excluding carboxylic acids is 1. The number of hydrogen-bond acceptors (Lipinski definition) is 2. The van der Waals surface area contributed by atoms with E-state index in [4.69, 9.17) is 0 Å². The molecule has 1 saturated carbocycles. The summed E-state index contributed by atoms with van der Waals surface area (Å²) in [5.74, 6) is -2.54. The van der Waals surface area contributed by atoms with Crippen LogP contribution in [0.4, 0.5) is 13.2 Å². The Hall–Kier alpha value is -2.83. The van der Waals surface area contributed by atoms with Crippen molar-refractivity contribution in [2.45, 2.75) is 38.1 Å². The van der Waals surface area contributed by atoms with E-state index >= 15 is 0 Å². The summed E-state index contributed by atoms with van der Waals surface area (Å²) < 4.78 is 42.1. The molecule has 1 heterocycles. The molecule has 1 amide bonds. The van der Waals surface area contributed by atoms with Crippen LogP contribution in [0, 0.1) is 23.4 Å². The van der Waals surface area contributed by atoms with E-state index in [-0.39, 0.29) is 23.1 Å². The SMILES string of the molecule is CC(C)C(C(=O)NCC1(c2ccc(F)cc2)CC1)n1cnc2cc(F)c(F)cc21. The van der Waals surface area contributed by atoms with Crippen molar-refractivity contribution in [1.29, 1.82) is 0 Å².